The molecule has 0 bridgehead atoms. The predicted molar refractivity (Wildman–Crippen MR) is 68.3 cm³/mol. The van der Waals surface area contributed by atoms with Gasteiger partial charge in [0.25, 0.3) is 0 Å². The third-order valence-electron chi connectivity index (χ3n) is 2.21. The molecule has 0 saturated carbocycles. The fraction of sp³-hybridized carbons (Fsp3) is 0.667. The first-order valence-corrected chi connectivity index (χ1v) is 5.97. The molecule has 0 aliphatic carbocycles. The van der Waals surface area contributed by atoms with Gasteiger partial charge in [-0.2, -0.15) is 5.10 Å². The fourth-order valence-electron chi connectivity index (χ4n) is 1.41. The highest BCUT2D eigenvalue weighted by Gasteiger charge is 2.18. The van der Waals surface area contributed by atoms with Gasteiger partial charge in [0.1, 0.15) is 6.61 Å². The summed E-state index contributed by atoms with van der Waals surface area (Å²) in [6.45, 7) is 8.84. The van der Waals surface area contributed by atoms with Crippen LogP contribution in [-0.4, -0.2) is 34.6 Å². The van der Waals surface area contributed by atoms with Crippen LogP contribution in [0.4, 0.5) is 5.69 Å². The van der Waals surface area contributed by atoms with Crippen molar-refractivity contribution < 1.29 is 14.3 Å². The molecule has 0 unspecified atom stereocenters. The Kier molecular flexibility index (Phi) is 4.72. The molecule has 0 atom stereocenters. The van der Waals surface area contributed by atoms with Gasteiger partial charge in [-0.3, -0.25) is 4.68 Å². The first-order valence-electron chi connectivity index (χ1n) is 5.97. The molecular formula is C12H21N3O3. The topological polar surface area (TPSA) is 79.4 Å². The highest BCUT2D eigenvalue weighted by molar-refractivity contribution is 5.93. The fourth-order valence-corrected chi connectivity index (χ4v) is 1.41. The zero-order chi connectivity index (χ0) is 13.8. The molecule has 18 heavy (non-hydrogen) atoms. The lowest BCUT2D eigenvalue weighted by Crippen LogP contribution is -2.23. The van der Waals surface area contributed by atoms with Crippen LogP contribution in [0.2, 0.25) is 0 Å². The molecule has 0 spiro atoms. The van der Waals surface area contributed by atoms with Crippen molar-refractivity contribution in [2.45, 2.75) is 39.8 Å². The van der Waals surface area contributed by atoms with E-state index in [0.29, 0.717) is 24.5 Å². The number of hydrogen-bond donors (Lipinski definition) is 1. The molecule has 102 valence electrons. The first-order chi connectivity index (χ1) is 8.35. The summed E-state index contributed by atoms with van der Waals surface area (Å²) in [5.74, 6) is -0.468. The Morgan fingerprint density at radius 1 is 1.44 bits per heavy atom. The number of hydrogen-bond acceptors (Lipinski definition) is 5. The van der Waals surface area contributed by atoms with Crippen molar-refractivity contribution in [3.8, 4) is 0 Å². The largest absolute Gasteiger partial charge is 0.458 e. The zero-order valence-corrected chi connectivity index (χ0v) is 11.4. The second kappa shape index (κ2) is 5.86. The monoisotopic (exact) mass is 255 g/mol. The SMILES string of the molecule is CCn1ncc(N)c1C(=O)OCCOC(C)(C)C. The van der Waals surface area contributed by atoms with Gasteiger partial charge in [0.2, 0.25) is 0 Å². The Morgan fingerprint density at radius 2 is 2.11 bits per heavy atom. The molecule has 0 aliphatic heterocycles. The van der Waals surface area contributed by atoms with Crippen molar-refractivity contribution in [3.63, 3.8) is 0 Å². The van der Waals surface area contributed by atoms with Gasteiger partial charge >= 0.3 is 5.97 Å². The number of aryl methyl sites for hydroxylation is 1. The van der Waals surface area contributed by atoms with Crippen LogP contribution in [-0.2, 0) is 16.0 Å². The lowest BCUT2D eigenvalue weighted by atomic mass is 10.2. The van der Waals surface area contributed by atoms with Gasteiger partial charge < -0.3 is 15.2 Å². The van der Waals surface area contributed by atoms with Gasteiger partial charge in [-0.25, -0.2) is 4.79 Å². The van der Waals surface area contributed by atoms with Crippen LogP contribution >= 0.6 is 0 Å². The van der Waals surface area contributed by atoms with Gasteiger partial charge in [-0.1, -0.05) is 0 Å². The number of carbonyl (C=O) groups excluding carboxylic acids is 1. The smallest absolute Gasteiger partial charge is 0.358 e. The van der Waals surface area contributed by atoms with Crippen molar-refractivity contribution in [1.29, 1.82) is 0 Å². The second-order valence-electron chi connectivity index (χ2n) is 4.86. The Balaban J connectivity index is 2.48. The molecule has 2 N–H and O–H groups in total. The number of nitrogen functional groups attached to an aromatic ring is 1. The van der Waals surface area contributed by atoms with E-state index >= 15 is 0 Å². The number of carbonyl (C=O) groups is 1. The molecule has 0 saturated heterocycles. The van der Waals surface area contributed by atoms with E-state index in [-0.39, 0.29) is 12.2 Å². The molecule has 0 radical (unpaired) electrons. The zero-order valence-electron chi connectivity index (χ0n) is 11.4. The molecule has 1 aromatic heterocycles. The molecule has 0 aliphatic rings. The summed E-state index contributed by atoms with van der Waals surface area (Å²) in [5, 5.41) is 3.98. The van der Waals surface area contributed by atoms with E-state index in [1.165, 1.54) is 10.9 Å². The number of nitrogens with two attached hydrogens (primary N) is 1. The van der Waals surface area contributed by atoms with E-state index in [1.807, 2.05) is 27.7 Å². The normalized spacial score (nSPS) is 11.6. The molecule has 6 heteroatoms. The predicted octanol–water partition coefficient (Wildman–Crippen LogP) is 1.46. The van der Waals surface area contributed by atoms with E-state index in [4.69, 9.17) is 15.2 Å². The minimum atomic E-state index is -0.468. The number of nitrogens with zero attached hydrogens (tertiary/aromatic N) is 2. The van der Waals surface area contributed by atoms with Crippen LogP contribution in [0.25, 0.3) is 0 Å². The molecule has 0 amide bonds. The van der Waals surface area contributed by atoms with Crippen LogP contribution in [0.15, 0.2) is 6.20 Å². The molecule has 6 nitrogen and oxygen atoms in total. The number of esters is 1. The minimum absolute atomic E-state index is 0.199. The molecule has 1 heterocycles. The maximum Gasteiger partial charge on any atom is 0.358 e. The molecule has 1 rings (SSSR count). The summed E-state index contributed by atoms with van der Waals surface area (Å²) < 4.78 is 12.1. The number of anilines is 1. The third kappa shape index (κ3) is 4.03. The molecule has 0 aromatic carbocycles. The summed E-state index contributed by atoms with van der Waals surface area (Å²) in [5.41, 5.74) is 6.07. The molecule has 0 fully saturated rings. The summed E-state index contributed by atoms with van der Waals surface area (Å²) in [6, 6.07) is 0. The molecule has 1 aromatic rings. The van der Waals surface area contributed by atoms with Crippen LogP contribution < -0.4 is 5.73 Å². The maximum atomic E-state index is 11.8. The van der Waals surface area contributed by atoms with Crippen molar-refractivity contribution in [2.75, 3.05) is 18.9 Å². The van der Waals surface area contributed by atoms with Gasteiger partial charge in [-0.05, 0) is 27.7 Å². The first kappa shape index (κ1) is 14.5. The summed E-state index contributed by atoms with van der Waals surface area (Å²) >= 11 is 0. The second-order valence-corrected chi connectivity index (χ2v) is 4.86. The van der Waals surface area contributed by atoms with E-state index < -0.39 is 5.97 Å². The van der Waals surface area contributed by atoms with Crippen molar-refractivity contribution >= 4 is 11.7 Å². The highest BCUT2D eigenvalue weighted by atomic mass is 16.6. The minimum Gasteiger partial charge on any atom is -0.458 e. The van der Waals surface area contributed by atoms with E-state index in [9.17, 15) is 4.79 Å². The van der Waals surface area contributed by atoms with Crippen LogP contribution in [0.5, 0.6) is 0 Å². The standard InChI is InChI=1S/C12H21N3O3/c1-5-15-10(9(13)8-14-15)11(16)17-6-7-18-12(2,3)4/h8H,5-7,13H2,1-4H3. The lowest BCUT2D eigenvalue weighted by Gasteiger charge is -2.19. The van der Waals surface area contributed by atoms with Gasteiger partial charge in [0.05, 0.1) is 24.1 Å². The third-order valence-corrected chi connectivity index (χ3v) is 2.21. The lowest BCUT2D eigenvalue weighted by molar-refractivity contribution is -0.0284. The Labute approximate surface area is 107 Å². The summed E-state index contributed by atoms with van der Waals surface area (Å²) in [4.78, 5) is 11.8. The van der Waals surface area contributed by atoms with E-state index in [1.54, 1.807) is 0 Å². The Bertz CT molecular complexity index is 407. The van der Waals surface area contributed by atoms with Crippen molar-refractivity contribution in [1.82, 2.24) is 9.78 Å². The maximum absolute atomic E-state index is 11.8. The average Bonchev–Trinajstić information content (AvgIpc) is 2.64. The Morgan fingerprint density at radius 3 is 2.67 bits per heavy atom. The van der Waals surface area contributed by atoms with Crippen LogP contribution in [0, 0.1) is 0 Å². The number of aromatic nitrogens is 2. The van der Waals surface area contributed by atoms with Crippen molar-refractivity contribution in [2.24, 2.45) is 0 Å². The average molecular weight is 255 g/mol. The van der Waals surface area contributed by atoms with Gasteiger partial charge in [-0.15, -0.1) is 0 Å². The quantitative estimate of drug-likeness (QED) is 0.636. The number of rotatable bonds is 5. The van der Waals surface area contributed by atoms with Gasteiger partial charge in [0.15, 0.2) is 5.69 Å². The van der Waals surface area contributed by atoms with Crippen LogP contribution in [0.1, 0.15) is 38.2 Å². The van der Waals surface area contributed by atoms with Gasteiger partial charge in [0, 0.05) is 6.54 Å². The summed E-state index contributed by atoms with van der Waals surface area (Å²) in [6.07, 6.45) is 1.45. The molecular weight excluding hydrogens is 234 g/mol. The Hall–Kier alpha value is -1.56. The number of ether oxygens (including phenoxy) is 2. The van der Waals surface area contributed by atoms with Crippen molar-refractivity contribution in [3.05, 3.63) is 11.9 Å². The van der Waals surface area contributed by atoms with E-state index in [2.05, 4.69) is 5.10 Å². The van der Waals surface area contributed by atoms with Crippen LogP contribution in [0.3, 0.4) is 0 Å². The summed E-state index contributed by atoms with van der Waals surface area (Å²) in [7, 11) is 0. The highest BCUT2D eigenvalue weighted by Crippen LogP contribution is 2.12. The van der Waals surface area contributed by atoms with E-state index in [0.717, 1.165) is 0 Å².